The van der Waals surface area contributed by atoms with Crippen LogP contribution in [-0.4, -0.2) is 18.5 Å². The van der Waals surface area contributed by atoms with Crippen LogP contribution in [0.1, 0.15) is 44.9 Å². The van der Waals surface area contributed by atoms with E-state index in [4.69, 9.17) is 5.73 Å². The molecular weight excluding hydrogens is 200 g/mol. The molecule has 3 nitrogen and oxygen atoms in total. The van der Waals surface area contributed by atoms with E-state index in [2.05, 4.69) is 5.32 Å². The van der Waals surface area contributed by atoms with Crippen molar-refractivity contribution in [2.24, 2.45) is 23.0 Å². The third-order valence-corrected chi connectivity index (χ3v) is 4.74. The van der Waals surface area contributed by atoms with Crippen molar-refractivity contribution in [2.45, 2.75) is 51.0 Å². The minimum absolute atomic E-state index is 0.192. The molecule has 0 radical (unpaired) electrons. The van der Waals surface area contributed by atoms with Gasteiger partial charge in [0.2, 0.25) is 5.91 Å². The first kappa shape index (κ1) is 10.6. The van der Waals surface area contributed by atoms with Gasteiger partial charge >= 0.3 is 0 Å². The summed E-state index contributed by atoms with van der Waals surface area (Å²) in [5, 5.41) is 3.32. The monoisotopic (exact) mass is 222 g/mol. The maximum absolute atomic E-state index is 12.3. The molecule has 3 rings (SSSR count). The Kier molecular flexibility index (Phi) is 2.46. The van der Waals surface area contributed by atoms with E-state index in [9.17, 15) is 4.79 Å². The van der Waals surface area contributed by atoms with Crippen LogP contribution >= 0.6 is 0 Å². The highest BCUT2D eigenvalue weighted by Gasteiger charge is 2.47. The summed E-state index contributed by atoms with van der Waals surface area (Å²) in [5.74, 6) is 1.82. The van der Waals surface area contributed by atoms with Gasteiger partial charge in [0.25, 0.3) is 0 Å². The molecule has 0 aromatic heterocycles. The molecule has 0 unspecified atom stereocenters. The summed E-state index contributed by atoms with van der Waals surface area (Å²) in [6, 6.07) is 0.483. The van der Waals surface area contributed by atoms with E-state index in [-0.39, 0.29) is 11.3 Å². The van der Waals surface area contributed by atoms with E-state index < -0.39 is 0 Å². The van der Waals surface area contributed by atoms with Gasteiger partial charge in [-0.2, -0.15) is 0 Å². The number of nitrogens with one attached hydrogen (secondary N) is 1. The van der Waals surface area contributed by atoms with Gasteiger partial charge in [-0.1, -0.05) is 6.42 Å². The van der Waals surface area contributed by atoms with Crippen LogP contribution in [0.15, 0.2) is 0 Å². The summed E-state index contributed by atoms with van der Waals surface area (Å²) in [4.78, 5) is 12.3. The number of carbonyl (C=O) groups excluding carboxylic acids is 1. The Morgan fingerprint density at radius 1 is 1.25 bits per heavy atom. The van der Waals surface area contributed by atoms with Crippen LogP contribution in [0.4, 0.5) is 0 Å². The molecule has 3 heteroatoms. The Labute approximate surface area is 97.2 Å². The van der Waals surface area contributed by atoms with Crippen LogP contribution in [0, 0.1) is 17.3 Å². The molecule has 0 aromatic rings. The van der Waals surface area contributed by atoms with Crippen LogP contribution in [0.2, 0.25) is 0 Å². The minimum atomic E-state index is -0.192. The van der Waals surface area contributed by atoms with Gasteiger partial charge in [0.1, 0.15) is 0 Å². The summed E-state index contributed by atoms with van der Waals surface area (Å²) in [6.45, 7) is 0.529. The normalized spacial score (nSPS) is 27.6. The lowest BCUT2D eigenvalue weighted by Gasteiger charge is -2.40. The van der Waals surface area contributed by atoms with Crippen LogP contribution < -0.4 is 11.1 Å². The highest BCUT2D eigenvalue weighted by molar-refractivity contribution is 5.84. The van der Waals surface area contributed by atoms with Crippen LogP contribution in [-0.2, 0) is 4.79 Å². The molecule has 0 atom stereocenters. The maximum atomic E-state index is 12.3. The van der Waals surface area contributed by atoms with Crippen molar-refractivity contribution < 1.29 is 4.79 Å². The fraction of sp³-hybridized carbons (Fsp3) is 0.923. The lowest BCUT2D eigenvalue weighted by Crippen LogP contribution is -2.53. The van der Waals surface area contributed by atoms with Gasteiger partial charge < -0.3 is 11.1 Å². The molecule has 0 heterocycles. The predicted molar refractivity (Wildman–Crippen MR) is 62.7 cm³/mol. The molecule has 1 amide bonds. The molecule has 3 fully saturated rings. The second-order valence-electron chi connectivity index (χ2n) is 6.01. The zero-order valence-electron chi connectivity index (χ0n) is 9.87. The molecule has 3 saturated carbocycles. The van der Waals surface area contributed by atoms with Gasteiger partial charge in [-0.15, -0.1) is 0 Å². The highest BCUT2D eigenvalue weighted by Crippen LogP contribution is 2.46. The molecule has 0 aromatic carbocycles. The van der Waals surface area contributed by atoms with Gasteiger partial charge in [0.05, 0.1) is 5.41 Å². The SMILES string of the molecule is NCC1(C(=O)NC(C2CC2)C2CC2)CCC1. The topological polar surface area (TPSA) is 55.1 Å². The number of nitrogens with two attached hydrogens (primary N) is 1. The van der Waals surface area contributed by atoms with Crippen LogP contribution in [0.25, 0.3) is 0 Å². The van der Waals surface area contributed by atoms with Crippen molar-refractivity contribution in [3.05, 3.63) is 0 Å². The summed E-state index contributed by atoms with van der Waals surface area (Å²) in [6.07, 6.45) is 8.43. The molecule has 0 bridgehead atoms. The Bertz CT molecular complexity index is 273. The lowest BCUT2D eigenvalue weighted by molar-refractivity contribution is -0.136. The van der Waals surface area contributed by atoms with E-state index >= 15 is 0 Å². The van der Waals surface area contributed by atoms with E-state index in [1.807, 2.05) is 0 Å². The highest BCUT2D eigenvalue weighted by atomic mass is 16.2. The van der Waals surface area contributed by atoms with Crippen molar-refractivity contribution in [3.8, 4) is 0 Å². The Balaban J connectivity index is 1.61. The Hall–Kier alpha value is -0.570. The zero-order chi connectivity index (χ0) is 11.2. The second-order valence-corrected chi connectivity index (χ2v) is 6.01. The zero-order valence-corrected chi connectivity index (χ0v) is 9.87. The quantitative estimate of drug-likeness (QED) is 0.739. The Morgan fingerprint density at radius 3 is 2.12 bits per heavy atom. The van der Waals surface area contributed by atoms with Crippen LogP contribution in [0.5, 0.6) is 0 Å². The van der Waals surface area contributed by atoms with Gasteiger partial charge in [-0.05, 0) is 50.4 Å². The Morgan fingerprint density at radius 2 is 1.81 bits per heavy atom. The largest absolute Gasteiger partial charge is 0.352 e. The van der Waals surface area contributed by atoms with E-state index in [0.29, 0.717) is 12.6 Å². The van der Waals surface area contributed by atoms with Crippen molar-refractivity contribution in [1.82, 2.24) is 5.32 Å². The van der Waals surface area contributed by atoms with Crippen molar-refractivity contribution in [1.29, 1.82) is 0 Å². The van der Waals surface area contributed by atoms with Crippen molar-refractivity contribution in [2.75, 3.05) is 6.54 Å². The molecule has 3 aliphatic rings. The molecule has 90 valence electrons. The first-order valence-electron chi connectivity index (χ1n) is 6.76. The maximum Gasteiger partial charge on any atom is 0.227 e. The van der Waals surface area contributed by atoms with E-state index in [0.717, 1.165) is 24.7 Å². The third kappa shape index (κ3) is 1.75. The van der Waals surface area contributed by atoms with Gasteiger partial charge in [0, 0.05) is 12.6 Å². The molecule has 16 heavy (non-hydrogen) atoms. The fourth-order valence-electron chi connectivity index (χ4n) is 2.96. The number of hydrogen-bond donors (Lipinski definition) is 2. The molecule has 0 spiro atoms. The second kappa shape index (κ2) is 3.73. The van der Waals surface area contributed by atoms with E-state index in [1.54, 1.807) is 0 Å². The van der Waals surface area contributed by atoms with E-state index in [1.165, 1.54) is 32.1 Å². The third-order valence-electron chi connectivity index (χ3n) is 4.74. The number of carbonyl (C=O) groups is 1. The number of rotatable bonds is 5. The van der Waals surface area contributed by atoms with Gasteiger partial charge in [-0.25, -0.2) is 0 Å². The van der Waals surface area contributed by atoms with Crippen molar-refractivity contribution in [3.63, 3.8) is 0 Å². The molecule has 3 aliphatic carbocycles. The first-order chi connectivity index (χ1) is 7.75. The summed E-state index contributed by atoms with van der Waals surface area (Å²) in [5.41, 5.74) is 5.58. The average Bonchev–Trinajstić information content (AvgIpc) is 3.06. The molecule has 3 N–H and O–H groups in total. The molecule has 0 saturated heterocycles. The average molecular weight is 222 g/mol. The minimum Gasteiger partial charge on any atom is -0.352 e. The van der Waals surface area contributed by atoms with Crippen molar-refractivity contribution >= 4 is 5.91 Å². The smallest absolute Gasteiger partial charge is 0.227 e. The van der Waals surface area contributed by atoms with Gasteiger partial charge in [-0.3, -0.25) is 4.79 Å². The number of hydrogen-bond acceptors (Lipinski definition) is 2. The lowest BCUT2D eigenvalue weighted by atomic mass is 9.68. The number of amides is 1. The first-order valence-corrected chi connectivity index (χ1v) is 6.76. The molecule has 0 aliphatic heterocycles. The van der Waals surface area contributed by atoms with Gasteiger partial charge in [0.15, 0.2) is 0 Å². The summed E-state index contributed by atoms with van der Waals surface area (Å²) >= 11 is 0. The fourth-order valence-corrected chi connectivity index (χ4v) is 2.96. The summed E-state index contributed by atoms with van der Waals surface area (Å²) < 4.78 is 0. The summed E-state index contributed by atoms with van der Waals surface area (Å²) in [7, 11) is 0. The van der Waals surface area contributed by atoms with Crippen LogP contribution in [0.3, 0.4) is 0 Å². The standard InChI is InChI=1S/C13H22N2O/c14-8-13(6-1-7-13)12(16)15-11(9-2-3-9)10-4-5-10/h9-11H,1-8,14H2,(H,15,16). The predicted octanol–water partition coefficient (Wildman–Crippen LogP) is 1.42. The molecular formula is C13H22N2O.